The number of pyridine rings is 1. The van der Waals surface area contributed by atoms with Crippen LogP contribution in [0.4, 0.5) is 11.5 Å². The van der Waals surface area contributed by atoms with E-state index < -0.39 is 0 Å². The number of amides is 1. The molecule has 0 unspecified atom stereocenters. The van der Waals surface area contributed by atoms with E-state index in [1.807, 2.05) is 6.07 Å². The first-order valence-corrected chi connectivity index (χ1v) is 7.14. The zero-order valence-electron chi connectivity index (χ0n) is 12.1. The van der Waals surface area contributed by atoms with Gasteiger partial charge in [0.1, 0.15) is 12.0 Å². The van der Waals surface area contributed by atoms with Gasteiger partial charge < -0.3 is 25.1 Å². The number of hydrogen-bond acceptors (Lipinski definition) is 6. The fourth-order valence-corrected chi connectivity index (χ4v) is 2.32. The van der Waals surface area contributed by atoms with E-state index in [9.17, 15) is 4.79 Å². The first-order chi connectivity index (χ1) is 10.8. The van der Waals surface area contributed by atoms with E-state index in [0.29, 0.717) is 30.2 Å². The Labute approximate surface area is 128 Å². The van der Waals surface area contributed by atoms with Gasteiger partial charge in [-0.15, -0.1) is 0 Å². The second-order valence-electron chi connectivity index (χ2n) is 4.93. The molecule has 0 aromatic carbocycles. The van der Waals surface area contributed by atoms with Gasteiger partial charge in [0, 0.05) is 19.3 Å². The number of carbonyl (C=O) groups is 1. The topological polar surface area (TPSA) is 93.6 Å². The molecular weight excluding hydrogens is 284 g/mol. The van der Waals surface area contributed by atoms with Crippen LogP contribution in [0.3, 0.4) is 0 Å². The molecular formula is C15H18N4O3. The van der Waals surface area contributed by atoms with Gasteiger partial charge in [-0.05, 0) is 18.2 Å². The number of ether oxygens (including phenoxy) is 1. The molecule has 22 heavy (non-hydrogen) atoms. The molecule has 1 saturated heterocycles. The molecule has 1 amide bonds. The fourth-order valence-electron chi connectivity index (χ4n) is 2.32. The third kappa shape index (κ3) is 3.10. The van der Waals surface area contributed by atoms with E-state index in [1.54, 1.807) is 18.3 Å². The molecule has 3 N–H and O–H groups in total. The lowest BCUT2D eigenvalue weighted by molar-refractivity contribution is 0.102. The summed E-state index contributed by atoms with van der Waals surface area (Å²) in [7, 11) is 0. The van der Waals surface area contributed by atoms with Crippen molar-refractivity contribution < 1.29 is 13.9 Å². The highest BCUT2D eigenvalue weighted by molar-refractivity contribution is 6.05. The smallest absolute Gasteiger partial charge is 0.259 e. The molecule has 3 heterocycles. The second kappa shape index (κ2) is 6.59. The molecule has 7 heteroatoms. The maximum atomic E-state index is 12.3. The molecule has 1 fully saturated rings. The number of nitrogens with zero attached hydrogens (tertiary/aromatic N) is 2. The van der Waals surface area contributed by atoms with Crippen molar-refractivity contribution in [3.8, 4) is 0 Å². The van der Waals surface area contributed by atoms with Crippen LogP contribution in [0, 0.1) is 0 Å². The minimum atomic E-state index is -0.244. The highest BCUT2D eigenvalue weighted by Crippen LogP contribution is 2.24. The summed E-state index contributed by atoms with van der Waals surface area (Å²) in [5.74, 6) is 1.08. The summed E-state index contributed by atoms with van der Waals surface area (Å²) >= 11 is 0. The number of carbonyl (C=O) groups excluding carboxylic acids is 1. The molecule has 0 radical (unpaired) electrons. The van der Waals surface area contributed by atoms with Crippen molar-refractivity contribution in [3.05, 3.63) is 42.0 Å². The highest BCUT2D eigenvalue weighted by atomic mass is 16.5. The highest BCUT2D eigenvalue weighted by Gasteiger charge is 2.18. The van der Waals surface area contributed by atoms with E-state index >= 15 is 0 Å². The van der Waals surface area contributed by atoms with Crippen LogP contribution in [0.25, 0.3) is 0 Å². The first kappa shape index (κ1) is 14.6. The maximum absolute atomic E-state index is 12.3. The van der Waals surface area contributed by atoms with Gasteiger partial charge in [0.05, 0.1) is 31.0 Å². The van der Waals surface area contributed by atoms with Gasteiger partial charge in [-0.25, -0.2) is 4.98 Å². The van der Waals surface area contributed by atoms with Crippen LogP contribution < -0.4 is 16.0 Å². The molecule has 1 aliphatic rings. The lowest BCUT2D eigenvalue weighted by Crippen LogP contribution is -2.37. The number of nitrogens with two attached hydrogens (primary N) is 1. The standard InChI is InChI=1S/C15H18N4O3/c16-9-12-8-11(10-22-12)15(20)18-13-2-1-3-17-14(13)19-4-6-21-7-5-19/h1-3,8,10H,4-7,9,16H2,(H,18,20). The van der Waals surface area contributed by atoms with Crippen molar-refractivity contribution in [1.29, 1.82) is 0 Å². The monoisotopic (exact) mass is 302 g/mol. The molecule has 0 spiro atoms. The Morgan fingerprint density at radius 1 is 1.41 bits per heavy atom. The molecule has 7 nitrogen and oxygen atoms in total. The third-order valence-electron chi connectivity index (χ3n) is 3.46. The molecule has 0 atom stereocenters. The average molecular weight is 302 g/mol. The average Bonchev–Trinajstić information content (AvgIpc) is 3.05. The SMILES string of the molecule is NCc1cc(C(=O)Nc2cccnc2N2CCOCC2)co1. The predicted octanol–water partition coefficient (Wildman–Crippen LogP) is 1.22. The summed E-state index contributed by atoms with van der Waals surface area (Å²) in [5.41, 5.74) is 6.60. The third-order valence-corrected chi connectivity index (χ3v) is 3.46. The summed E-state index contributed by atoms with van der Waals surface area (Å²) in [5, 5.41) is 2.88. The molecule has 1 aliphatic heterocycles. The van der Waals surface area contributed by atoms with Crippen LogP contribution in [0.15, 0.2) is 35.1 Å². The van der Waals surface area contributed by atoms with Crippen LogP contribution in [-0.2, 0) is 11.3 Å². The van der Waals surface area contributed by atoms with Gasteiger partial charge in [0.25, 0.3) is 5.91 Å². The van der Waals surface area contributed by atoms with Crippen LogP contribution in [0.1, 0.15) is 16.1 Å². The Kier molecular flexibility index (Phi) is 4.36. The number of anilines is 2. The van der Waals surface area contributed by atoms with E-state index in [-0.39, 0.29) is 12.5 Å². The molecule has 0 bridgehead atoms. The van der Waals surface area contributed by atoms with Gasteiger partial charge in [-0.3, -0.25) is 4.79 Å². The van der Waals surface area contributed by atoms with Crippen molar-refractivity contribution in [2.45, 2.75) is 6.54 Å². The Morgan fingerprint density at radius 3 is 2.95 bits per heavy atom. The lowest BCUT2D eigenvalue weighted by atomic mass is 10.2. The summed E-state index contributed by atoms with van der Waals surface area (Å²) in [4.78, 5) is 18.8. The lowest BCUT2D eigenvalue weighted by Gasteiger charge is -2.29. The Bertz CT molecular complexity index is 650. The largest absolute Gasteiger partial charge is 0.467 e. The van der Waals surface area contributed by atoms with Crippen molar-refractivity contribution in [1.82, 2.24) is 4.98 Å². The molecule has 0 aliphatic carbocycles. The van der Waals surface area contributed by atoms with E-state index in [2.05, 4.69) is 15.2 Å². The number of morpholine rings is 1. The number of aromatic nitrogens is 1. The van der Waals surface area contributed by atoms with Crippen LogP contribution in [0.2, 0.25) is 0 Å². The van der Waals surface area contributed by atoms with E-state index in [4.69, 9.17) is 14.9 Å². The number of nitrogens with one attached hydrogen (secondary N) is 1. The quantitative estimate of drug-likeness (QED) is 0.882. The van der Waals surface area contributed by atoms with Crippen LogP contribution >= 0.6 is 0 Å². The van der Waals surface area contributed by atoms with Gasteiger partial charge in [0.2, 0.25) is 0 Å². The van der Waals surface area contributed by atoms with E-state index in [0.717, 1.165) is 18.9 Å². The normalized spacial score (nSPS) is 14.9. The summed E-state index contributed by atoms with van der Waals surface area (Å²) in [6.45, 7) is 3.09. The minimum Gasteiger partial charge on any atom is -0.467 e. The zero-order chi connectivity index (χ0) is 15.4. The predicted molar refractivity (Wildman–Crippen MR) is 81.8 cm³/mol. The summed E-state index contributed by atoms with van der Waals surface area (Å²) < 4.78 is 10.5. The van der Waals surface area contributed by atoms with Crippen molar-refractivity contribution in [2.75, 3.05) is 36.5 Å². The van der Waals surface area contributed by atoms with Gasteiger partial charge in [0.15, 0.2) is 5.82 Å². The number of rotatable bonds is 4. The number of hydrogen-bond donors (Lipinski definition) is 2. The van der Waals surface area contributed by atoms with Crippen LogP contribution in [0.5, 0.6) is 0 Å². The van der Waals surface area contributed by atoms with Crippen molar-refractivity contribution >= 4 is 17.4 Å². The van der Waals surface area contributed by atoms with Crippen molar-refractivity contribution in [3.63, 3.8) is 0 Å². The van der Waals surface area contributed by atoms with Gasteiger partial charge in [-0.1, -0.05) is 0 Å². The summed E-state index contributed by atoms with van der Waals surface area (Å²) in [6.07, 6.45) is 3.12. The Hall–Kier alpha value is -2.38. The Balaban J connectivity index is 1.78. The molecule has 116 valence electrons. The molecule has 0 saturated carbocycles. The Morgan fingerprint density at radius 2 is 2.23 bits per heavy atom. The van der Waals surface area contributed by atoms with E-state index in [1.165, 1.54) is 6.26 Å². The molecule has 2 aromatic rings. The van der Waals surface area contributed by atoms with Gasteiger partial charge in [-0.2, -0.15) is 0 Å². The van der Waals surface area contributed by atoms with Crippen LogP contribution in [-0.4, -0.2) is 37.2 Å². The first-order valence-electron chi connectivity index (χ1n) is 7.14. The second-order valence-corrected chi connectivity index (χ2v) is 4.93. The minimum absolute atomic E-state index is 0.244. The molecule has 3 rings (SSSR count). The number of furan rings is 1. The summed E-state index contributed by atoms with van der Waals surface area (Å²) in [6, 6.07) is 5.26. The van der Waals surface area contributed by atoms with Crippen molar-refractivity contribution in [2.24, 2.45) is 5.73 Å². The fraction of sp³-hybridized carbons (Fsp3) is 0.333. The zero-order valence-corrected chi connectivity index (χ0v) is 12.1. The maximum Gasteiger partial charge on any atom is 0.259 e. The van der Waals surface area contributed by atoms with Gasteiger partial charge >= 0.3 is 0 Å². The molecule has 2 aromatic heterocycles.